The van der Waals surface area contributed by atoms with Crippen LogP contribution < -0.4 is 9.47 Å². The van der Waals surface area contributed by atoms with Crippen molar-refractivity contribution < 1.29 is 18.8 Å². The van der Waals surface area contributed by atoms with Crippen molar-refractivity contribution >= 4 is 5.69 Å². The van der Waals surface area contributed by atoms with Gasteiger partial charge in [0.2, 0.25) is 18.6 Å². The van der Waals surface area contributed by atoms with Crippen LogP contribution in [0.1, 0.15) is 5.56 Å². The van der Waals surface area contributed by atoms with Gasteiger partial charge in [-0.2, -0.15) is 0 Å². The summed E-state index contributed by atoms with van der Waals surface area (Å²) in [5.74, 6) is 1.80. The second-order valence-corrected chi connectivity index (χ2v) is 5.19. The number of aromatic nitrogens is 2. The summed E-state index contributed by atoms with van der Waals surface area (Å²) in [6.45, 7) is 1.83. The molecule has 0 unspecified atom stereocenters. The second-order valence-electron chi connectivity index (χ2n) is 5.19. The van der Waals surface area contributed by atoms with E-state index in [1.165, 1.54) is 6.07 Å². The Labute approximate surface area is 135 Å². The summed E-state index contributed by atoms with van der Waals surface area (Å²) in [5.41, 5.74) is 1.70. The van der Waals surface area contributed by atoms with Gasteiger partial charge in [-0.15, -0.1) is 10.2 Å². The molecule has 0 saturated carbocycles. The Morgan fingerprint density at radius 3 is 2.71 bits per heavy atom. The molecular weight excluding hydrogens is 314 g/mol. The van der Waals surface area contributed by atoms with Gasteiger partial charge in [0, 0.05) is 22.8 Å². The van der Waals surface area contributed by atoms with Gasteiger partial charge < -0.3 is 13.9 Å². The number of nitro benzene ring substituents is 1. The number of nitro groups is 1. The first kappa shape index (κ1) is 14.2. The summed E-state index contributed by atoms with van der Waals surface area (Å²) in [5, 5.41) is 19.1. The van der Waals surface area contributed by atoms with Crippen LogP contribution >= 0.6 is 0 Å². The first-order valence-corrected chi connectivity index (χ1v) is 7.11. The van der Waals surface area contributed by atoms with Gasteiger partial charge in [-0.25, -0.2) is 0 Å². The number of nitrogens with zero attached hydrogens (tertiary/aromatic N) is 3. The average Bonchev–Trinajstić information content (AvgIpc) is 3.23. The fraction of sp³-hybridized carbons (Fsp3) is 0.125. The molecule has 0 saturated heterocycles. The largest absolute Gasteiger partial charge is 0.454 e. The Morgan fingerprint density at radius 1 is 1.08 bits per heavy atom. The van der Waals surface area contributed by atoms with Gasteiger partial charge >= 0.3 is 0 Å². The molecule has 8 nitrogen and oxygen atoms in total. The monoisotopic (exact) mass is 325 g/mol. The van der Waals surface area contributed by atoms with E-state index in [-0.39, 0.29) is 18.4 Å². The number of benzene rings is 2. The fourth-order valence-electron chi connectivity index (χ4n) is 2.53. The molecule has 4 rings (SSSR count). The second kappa shape index (κ2) is 5.34. The van der Waals surface area contributed by atoms with E-state index in [1.807, 2.05) is 0 Å². The molecule has 2 aromatic carbocycles. The highest BCUT2D eigenvalue weighted by Crippen LogP contribution is 2.36. The minimum Gasteiger partial charge on any atom is -0.454 e. The molecule has 0 atom stereocenters. The fourth-order valence-corrected chi connectivity index (χ4v) is 2.53. The van der Waals surface area contributed by atoms with Gasteiger partial charge in [-0.3, -0.25) is 10.1 Å². The molecule has 0 N–H and O–H groups in total. The van der Waals surface area contributed by atoms with Crippen LogP contribution in [0.5, 0.6) is 11.5 Å². The summed E-state index contributed by atoms with van der Waals surface area (Å²) in [4.78, 5) is 10.6. The number of hydrogen-bond donors (Lipinski definition) is 0. The van der Waals surface area contributed by atoms with Crippen LogP contribution in [-0.4, -0.2) is 21.9 Å². The Bertz CT molecular complexity index is 951. The smallest absolute Gasteiger partial charge is 0.273 e. The maximum absolute atomic E-state index is 11.1. The third-order valence-electron chi connectivity index (χ3n) is 3.78. The molecule has 120 valence electrons. The minimum atomic E-state index is -0.437. The van der Waals surface area contributed by atoms with Crippen molar-refractivity contribution in [2.45, 2.75) is 6.92 Å². The van der Waals surface area contributed by atoms with Crippen LogP contribution in [0.15, 0.2) is 40.8 Å². The molecule has 3 aromatic rings. The zero-order chi connectivity index (χ0) is 16.7. The van der Waals surface area contributed by atoms with E-state index in [2.05, 4.69) is 10.2 Å². The van der Waals surface area contributed by atoms with Crippen molar-refractivity contribution in [1.29, 1.82) is 0 Å². The van der Waals surface area contributed by atoms with E-state index in [0.717, 1.165) is 0 Å². The molecule has 0 radical (unpaired) electrons. The van der Waals surface area contributed by atoms with Crippen molar-refractivity contribution in [2.75, 3.05) is 6.79 Å². The lowest BCUT2D eigenvalue weighted by molar-refractivity contribution is -0.385. The molecule has 1 aliphatic heterocycles. The zero-order valence-corrected chi connectivity index (χ0v) is 12.6. The Hall–Kier alpha value is -3.42. The van der Waals surface area contributed by atoms with Crippen LogP contribution in [0.3, 0.4) is 0 Å². The normalized spacial score (nSPS) is 12.4. The van der Waals surface area contributed by atoms with Crippen LogP contribution in [-0.2, 0) is 0 Å². The highest BCUT2D eigenvalue weighted by Gasteiger charge is 2.20. The average molecular weight is 325 g/mol. The lowest BCUT2D eigenvalue weighted by Gasteiger charge is -2.01. The Kier molecular flexibility index (Phi) is 3.16. The van der Waals surface area contributed by atoms with Gasteiger partial charge in [0.15, 0.2) is 11.5 Å². The number of ether oxygens (including phenoxy) is 2. The summed E-state index contributed by atoms with van der Waals surface area (Å²) in [6, 6.07) is 10.0. The SMILES string of the molecule is Cc1c(-c2nnc(-c3ccc4c(c3)OCO4)o2)cccc1[N+](=O)[O-]. The van der Waals surface area contributed by atoms with Gasteiger partial charge in [-0.1, -0.05) is 6.07 Å². The Balaban J connectivity index is 1.73. The van der Waals surface area contributed by atoms with E-state index in [9.17, 15) is 10.1 Å². The lowest BCUT2D eigenvalue weighted by Crippen LogP contribution is -1.93. The summed E-state index contributed by atoms with van der Waals surface area (Å²) >= 11 is 0. The van der Waals surface area contributed by atoms with E-state index in [4.69, 9.17) is 13.9 Å². The number of rotatable bonds is 3. The molecular formula is C16H11N3O5. The highest BCUT2D eigenvalue weighted by molar-refractivity contribution is 5.66. The topological polar surface area (TPSA) is 101 Å². The molecule has 0 fully saturated rings. The van der Waals surface area contributed by atoms with E-state index >= 15 is 0 Å². The third kappa shape index (κ3) is 2.24. The maximum atomic E-state index is 11.1. The molecule has 24 heavy (non-hydrogen) atoms. The molecule has 0 amide bonds. The molecule has 8 heteroatoms. The minimum absolute atomic E-state index is 0.00956. The van der Waals surface area contributed by atoms with Gasteiger partial charge in [0.1, 0.15) is 0 Å². The van der Waals surface area contributed by atoms with E-state index in [0.29, 0.717) is 34.1 Å². The Morgan fingerprint density at radius 2 is 1.88 bits per heavy atom. The lowest BCUT2D eigenvalue weighted by atomic mass is 10.1. The van der Waals surface area contributed by atoms with Crippen LogP contribution in [0.4, 0.5) is 5.69 Å². The predicted octanol–water partition coefficient (Wildman–Crippen LogP) is 3.35. The van der Waals surface area contributed by atoms with Crippen LogP contribution in [0.25, 0.3) is 22.9 Å². The van der Waals surface area contributed by atoms with Gasteiger partial charge in [0.05, 0.1) is 4.92 Å². The van der Waals surface area contributed by atoms with Crippen molar-refractivity contribution in [3.63, 3.8) is 0 Å². The van der Waals surface area contributed by atoms with Crippen molar-refractivity contribution in [2.24, 2.45) is 0 Å². The van der Waals surface area contributed by atoms with E-state index in [1.54, 1.807) is 37.3 Å². The highest BCUT2D eigenvalue weighted by atomic mass is 16.7. The first-order valence-electron chi connectivity index (χ1n) is 7.11. The summed E-state index contributed by atoms with van der Waals surface area (Å²) in [6.07, 6.45) is 0. The number of fused-ring (bicyclic) bond motifs is 1. The molecule has 0 bridgehead atoms. The zero-order valence-electron chi connectivity index (χ0n) is 12.6. The van der Waals surface area contributed by atoms with Crippen LogP contribution in [0, 0.1) is 17.0 Å². The molecule has 2 heterocycles. The number of hydrogen-bond acceptors (Lipinski definition) is 7. The molecule has 0 spiro atoms. The van der Waals surface area contributed by atoms with Gasteiger partial charge in [0.25, 0.3) is 5.69 Å². The van der Waals surface area contributed by atoms with Crippen molar-refractivity contribution in [1.82, 2.24) is 10.2 Å². The predicted molar refractivity (Wildman–Crippen MR) is 82.7 cm³/mol. The third-order valence-corrected chi connectivity index (χ3v) is 3.78. The molecule has 1 aliphatic rings. The summed E-state index contributed by atoms with van der Waals surface area (Å²) < 4.78 is 16.3. The van der Waals surface area contributed by atoms with Crippen molar-refractivity contribution in [3.8, 4) is 34.4 Å². The van der Waals surface area contributed by atoms with Crippen molar-refractivity contribution in [3.05, 3.63) is 52.1 Å². The molecule has 1 aromatic heterocycles. The maximum Gasteiger partial charge on any atom is 0.273 e. The molecule has 0 aliphatic carbocycles. The standard InChI is InChI=1S/C16H11N3O5/c1-9-11(3-2-4-12(9)19(20)21)16-18-17-15(24-16)10-5-6-13-14(7-10)23-8-22-13/h2-7H,8H2,1H3. The first-order chi connectivity index (χ1) is 11.6. The van der Waals surface area contributed by atoms with Gasteiger partial charge in [-0.05, 0) is 31.2 Å². The summed E-state index contributed by atoms with van der Waals surface area (Å²) in [7, 11) is 0. The quantitative estimate of drug-likeness (QED) is 0.537. The van der Waals surface area contributed by atoms with Crippen LogP contribution in [0.2, 0.25) is 0 Å². The van der Waals surface area contributed by atoms with E-state index < -0.39 is 4.92 Å².